The number of para-hydroxylation sites is 1. The number of carbonyl (C=O) groups excluding carboxylic acids is 1. The van der Waals surface area contributed by atoms with Crippen molar-refractivity contribution in [3.63, 3.8) is 0 Å². The van der Waals surface area contributed by atoms with Crippen LogP contribution in [0.1, 0.15) is 12.7 Å². The molecular formula is C17H22BrN3O2. The van der Waals surface area contributed by atoms with Crippen molar-refractivity contribution in [1.29, 1.82) is 0 Å². The SMILES string of the molecule is CC(CNC(=O)N(C)Cc1ccc(Br)o1)N(C)c1ccccc1. The summed E-state index contributed by atoms with van der Waals surface area (Å²) >= 11 is 3.26. The van der Waals surface area contributed by atoms with Gasteiger partial charge < -0.3 is 19.5 Å². The molecule has 0 radical (unpaired) electrons. The molecule has 2 amide bonds. The van der Waals surface area contributed by atoms with Gasteiger partial charge >= 0.3 is 6.03 Å². The zero-order valence-electron chi connectivity index (χ0n) is 13.6. The van der Waals surface area contributed by atoms with Crippen LogP contribution in [0.25, 0.3) is 0 Å². The third-order valence-corrected chi connectivity index (χ3v) is 4.17. The van der Waals surface area contributed by atoms with E-state index >= 15 is 0 Å². The minimum atomic E-state index is -0.120. The number of likely N-dealkylation sites (N-methyl/N-ethyl adjacent to an activating group) is 1. The summed E-state index contributed by atoms with van der Waals surface area (Å²) in [6.07, 6.45) is 0. The van der Waals surface area contributed by atoms with Crippen molar-refractivity contribution < 1.29 is 9.21 Å². The number of amides is 2. The van der Waals surface area contributed by atoms with Gasteiger partial charge in [0.15, 0.2) is 4.67 Å². The number of hydrogen-bond acceptors (Lipinski definition) is 3. The van der Waals surface area contributed by atoms with E-state index in [0.717, 1.165) is 11.4 Å². The van der Waals surface area contributed by atoms with Crippen molar-refractivity contribution in [3.05, 3.63) is 52.9 Å². The van der Waals surface area contributed by atoms with Crippen molar-refractivity contribution in [2.45, 2.75) is 19.5 Å². The number of anilines is 1. The van der Waals surface area contributed by atoms with Crippen LogP contribution < -0.4 is 10.2 Å². The predicted octanol–water partition coefficient (Wildman–Crippen LogP) is 3.71. The number of nitrogens with one attached hydrogen (secondary N) is 1. The molecule has 5 nitrogen and oxygen atoms in total. The van der Waals surface area contributed by atoms with Gasteiger partial charge in [-0.15, -0.1) is 0 Å². The number of halogens is 1. The summed E-state index contributed by atoms with van der Waals surface area (Å²) in [4.78, 5) is 15.9. The highest BCUT2D eigenvalue weighted by atomic mass is 79.9. The Labute approximate surface area is 145 Å². The fraction of sp³-hybridized carbons (Fsp3) is 0.353. The van der Waals surface area contributed by atoms with Crippen LogP contribution in [-0.2, 0) is 6.54 Å². The molecule has 0 saturated heterocycles. The second-order valence-electron chi connectivity index (χ2n) is 5.54. The lowest BCUT2D eigenvalue weighted by atomic mass is 10.2. The summed E-state index contributed by atoms with van der Waals surface area (Å²) in [7, 11) is 3.77. The highest BCUT2D eigenvalue weighted by molar-refractivity contribution is 9.10. The van der Waals surface area contributed by atoms with E-state index in [1.54, 1.807) is 11.9 Å². The van der Waals surface area contributed by atoms with Crippen molar-refractivity contribution in [2.75, 3.05) is 25.5 Å². The molecule has 2 aromatic rings. The second kappa shape index (κ2) is 8.06. The van der Waals surface area contributed by atoms with Crippen LogP contribution in [0.4, 0.5) is 10.5 Å². The van der Waals surface area contributed by atoms with E-state index in [1.165, 1.54) is 0 Å². The number of rotatable bonds is 6. The van der Waals surface area contributed by atoms with E-state index in [2.05, 4.69) is 45.2 Å². The molecule has 1 heterocycles. The highest BCUT2D eigenvalue weighted by Crippen LogP contribution is 2.15. The number of furan rings is 1. The summed E-state index contributed by atoms with van der Waals surface area (Å²) in [6.45, 7) is 3.08. The van der Waals surface area contributed by atoms with Gasteiger partial charge in [-0.05, 0) is 47.1 Å². The molecule has 1 N–H and O–H groups in total. The van der Waals surface area contributed by atoms with Crippen LogP contribution in [0.15, 0.2) is 51.6 Å². The Morgan fingerprint density at radius 1 is 1.22 bits per heavy atom. The summed E-state index contributed by atoms with van der Waals surface area (Å²) in [5, 5.41) is 2.95. The fourth-order valence-corrected chi connectivity index (χ4v) is 2.51. The van der Waals surface area contributed by atoms with Crippen molar-refractivity contribution in [3.8, 4) is 0 Å². The minimum absolute atomic E-state index is 0.120. The molecule has 124 valence electrons. The van der Waals surface area contributed by atoms with E-state index in [1.807, 2.05) is 37.4 Å². The summed E-state index contributed by atoms with van der Waals surface area (Å²) in [5.41, 5.74) is 1.13. The van der Waals surface area contributed by atoms with Crippen LogP contribution in [0.2, 0.25) is 0 Å². The molecule has 0 aliphatic heterocycles. The Balaban J connectivity index is 1.81. The number of hydrogen-bond donors (Lipinski definition) is 1. The molecule has 1 atom stereocenters. The first-order valence-corrected chi connectivity index (χ1v) is 8.27. The first-order valence-electron chi connectivity index (χ1n) is 7.48. The van der Waals surface area contributed by atoms with Gasteiger partial charge in [-0.2, -0.15) is 0 Å². The fourth-order valence-electron chi connectivity index (χ4n) is 2.17. The zero-order valence-corrected chi connectivity index (χ0v) is 15.2. The van der Waals surface area contributed by atoms with Crippen LogP contribution in [0.5, 0.6) is 0 Å². The molecule has 0 fully saturated rings. The monoisotopic (exact) mass is 379 g/mol. The maximum Gasteiger partial charge on any atom is 0.317 e. The number of nitrogens with zero attached hydrogens (tertiary/aromatic N) is 2. The summed E-state index contributed by atoms with van der Waals surface area (Å²) in [6, 6.07) is 13.8. The third kappa shape index (κ3) is 5.03. The van der Waals surface area contributed by atoms with Crippen LogP contribution in [0.3, 0.4) is 0 Å². The average molecular weight is 380 g/mol. The van der Waals surface area contributed by atoms with Gasteiger partial charge in [-0.1, -0.05) is 18.2 Å². The van der Waals surface area contributed by atoms with Crippen molar-refractivity contribution in [2.24, 2.45) is 0 Å². The number of urea groups is 1. The van der Waals surface area contributed by atoms with Crippen molar-refractivity contribution >= 4 is 27.6 Å². The number of benzene rings is 1. The molecular weight excluding hydrogens is 358 g/mol. The lowest BCUT2D eigenvalue weighted by Gasteiger charge is -2.28. The quantitative estimate of drug-likeness (QED) is 0.831. The molecule has 0 bridgehead atoms. The Bertz CT molecular complexity index is 630. The Hall–Kier alpha value is -1.95. The minimum Gasteiger partial charge on any atom is -0.452 e. The Kier molecular flexibility index (Phi) is 6.10. The maximum atomic E-state index is 12.2. The van der Waals surface area contributed by atoms with Crippen LogP contribution >= 0.6 is 15.9 Å². The van der Waals surface area contributed by atoms with E-state index in [-0.39, 0.29) is 12.1 Å². The van der Waals surface area contributed by atoms with Gasteiger partial charge in [0.1, 0.15) is 5.76 Å². The van der Waals surface area contributed by atoms with Gasteiger partial charge in [0, 0.05) is 32.4 Å². The van der Waals surface area contributed by atoms with Gasteiger partial charge in [-0.3, -0.25) is 0 Å². The molecule has 1 unspecified atom stereocenters. The van der Waals surface area contributed by atoms with Crippen LogP contribution in [0, 0.1) is 0 Å². The van der Waals surface area contributed by atoms with Crippen molar-refractivity contribution in [1.82, 2.24) is 10.2 Å². The molecule has 0 aliphatic carbocycles. The van der Waals surface area contributed by atoms with Gasteiger partial charge in [-0.25, -0.2) is 4.79 Å². The zero-order chi connectivity index (χ0) is 16.8. The topological polar surface area (TPSA) is 48.7 Å². The largest absolute Gasteiger partial charge is 0.452 e. The van der Waals surface area contributed by atoms with Gasteiger partial charge in [0.05, 0.1) is 6.54 Å². The van der Waals surface area contributed by atoms with E-state index in [4.69, 9.17) is 4.42 Å². The lowest BCUT2D eigenvalue weighted by molar-refractivity contribution is 0.202. The molecule has 0 spiro atoms. The molecule has 1 aromatic carbocycles. The molecule has 1 aromatic heterocycles. The Morgan fingerprint density at radius 2 is 1.91 bits per heavy atom. The van der Waals surface area contributed by atoms with Gasteiger partial charge in [0.2, 0.25) is 0 Å². The summed E-state index contributed by atoms with van der Waals surface area (Å²) < 4.78 is 6.08. The maximum absolute atomic E-state index is 12.2. The summed E-state index contributed by atoms with van der Waals surface area (Å²) in [5.74, 6) is 0.740. The smallest absolute Gasteiger partial charge is 0.317 e. The van der Waals surface area contributed by atoms with E-state index in [9.17, 15) is 4.79 Å². The average Bonchev–Trinajstić information content (AvgIpc) is 2.97. The number of carbonyl (C=O) groups is 1. The molecule has 6 heteroatoms. The molecule has 2 rings (SSSR count). The highest BCUT2D eigenvalue weighted by Gasteiger charge is 2.14. The predicted molar refractivity (Wildman–Crippen MR) is 95.6 cm³/mol. The second-order valence-corrected chi connectivity index (χ2v) is 6.32. The molecule has 0 aliphatic rings. The normalized spacial score (nSPS) is 11.8. The first kappa shape index (κ1) is 17.4. The van der Waals surface area contributed by atoms with E-state index in [0.29, 0.717) is 17.8 Å². The molecule has 0 saturated carbocycles. The van der Waals surface area contributed by atoms with E-state index < -0.39 is 0 Å². The third-order valence-electron chi connectivity index (χ3n) is 3.74. The lowest BCUT2D eigenvalue weighted by Crippen LogP contribution is -2.44. The molecule has 23 heavy (non-hydrogen) atoms. The Morgan fingerprint density at radius 3 is 2.52 bits per heavy atom. The van der Waals surface area contributed by atoms with Gasteiger partial charge in [0.25, 0.3) is 0 Å². The first-order chi connectivity index (χ1) is 11.0. The van der Waals surface area contributed by atoms with Crippen LogP contribution in [-0.4, -0.2) is 37.6 Å². The standard InChI is InChI=1S/C17H22BrN3O2/c1-13(21(3)14-7-5-4-6-8-14)11-19-17(22)20(2)12-15-9-10-16(18)23-15/h4-10,13H,11-12H2,1-3H3,(H,19,22).